The quantitative estimate of drug-likeness (QED) is 0.185. The van der Waals surface area contributed by atoms with E-state index in [0.717, 1.165) is 13.5 Å². The van der Waals surface area contributed by atoms with Crippen molar-refractivity contribution in [2.75, 3.05) is 13.1 Å². The van der Waals surface area contributed by atoms with E-state index in [1.165, 1.54) is 0 Å². The number of hydrogen-bond acceptors (Lipinski definition) is 3. The van der Waals surface area contributed by atoms with Gasteiger partial charge in [-0.25, -0.2) is 0 Å². The van der Waals surface area contributed by atoms with E-state index in [1.54, 1.807) is 27.8 Å². The SMILES string of the molecule is CCN(CC)C(=O)CC(=O)c1nn(-c2ccc(Cl)cc2Cl)c(-c2ccc(Br)[se]2)c1Br. The zero-order chi connectivity index (χ0) is 22.0. The molecule has 0 N–H and O–H groups in total. The van der Waals surface area contributed by atoms with Crippen LogP contribution in [0.15, 0.2) is 38.2 Å². The molecule has 0 unspecified atom stereocenters. The number of rotatable bonds is 7. The Morgan fingerprint density at radius 3 is 2.40 bits per heavy atom. The molecule has 1 aromatic carbocycles. The van der Waals surface area contributed by atoms with Crippen LogP contribution in [0.25, 0.3) is 15.8 Å². The Labute approximate surface area is 207 Å². The van der Waals surface area contributed by atoms with E-state index in [1.807, 2.05) is 26.0 Å². The van der Waals surface area contributed by atoms with Gasteiger partial charge in [-0.1, -0.05) is 0 Å². The Morgan fingerprint density at radius 1 is 1.13 bits per heavy atom. The van der Waals surface area contributed by atoms with Crippen molar-refractivity contribution in [2.45, 2.75) is 20.3 Å². The Bertz CT molecular complexity index is 1110. The van der Waals surface area contributed by atoms with Crippen LogP contribution in [0.4, 0.5) is 0 Å². The molecule has 0 spiro atoms. The zero-order valence-corrected chi connectivity index (χ0v) is 22.5. The van der Waals surface area contributed by atoms with Gasteiger partial charge in [-0.2, -0.15) is 0 Å². The minimum atomic E-state index is -0.345. The first-order valence-corrected chi connectivity index (χ1v) is 13.1. The van der Waals surface area contributed by atoms with Crippen molar-refractivity contribution in [3.8, 4) is 15.8 Å². The number of benzene rings is 1. The molecule has 5 nitrogen and oxygen atoms in total. The maximum atomic E-state index is 13.0. The van der Waals surface area contributed by atoms with Gasteiger partial charge < -0.3 is 0 Å². The topological polar surface area (TPSA) is 55.2 Å². The van der Waals surface area contributed by atoms with E-state index in [0.29, 0.717) is 33.3 Å². The molecule has 0 aliphatic carbocycles. The number of halogens is 4. The van der Waals surface area contributed by atoms with Gasteiger partial charge in [0.2, 0.25) is 0 Å². The summed E-state index contributed by atoms with van der Waals surface area (Å²) >= 11 is 19.6. The van der Waals surface area contributed by atoms with Gasteiger partial charge in [-0.3, -0.25) is 0 Å². The van der Waals surface area contributed by atoms with Crippen molar-refractivity contribution in [1.82, 2.24) is 14.7 Å². The molecule has 30 heavy (non-hydrogen) atoms. The average molecular weight is 641 g/mol. The van der Waals surface area contributed by atoms with Crippen LogP contribution in [-0.2, 0) is 4.79 Å². The van der Waals surface area contributed by atoms with Gasteiger partial charge in [-0.05, 0) is 0 Å². The predicted octanol–water partition coefficient (Wildman–Crippen LogP) is 5.87. The third-order valence-corrected chi connectivity index (χ3v) is 8.71. The molecule has 0 aliphatic heterocycles. The van der Waals surface area contributed by atoms with Gasteiger partial charge in [0.05, 0.1) is 0 Å². The van der Waals surface area contributed by atoms with Crippen LogP contribution in [0.3, 0.4) is 0 Å². The Morgan fingerprint density at radius 2 is 1.83 bits per heavy atom. The van der Waals surface area contributed by atoms with Crippen LogP contribution in [-0.4, -0.2) is 54.0 Å². The number of carbonyl (C=O) groups is 2. The molecule has 0 radical (unpaired) electrons. The molecule has 0 bridgehead atoms. The van der Waals surface area contributed by atoms with Gasteiger partial charge >= 0.3 is 209 Å². The molecule has 0 saturated carbocycles. The molecule has 10 heteroatoms. The Balaban J connectivity index is 2.11. The molecule has 3 rings (SSSR count). The Kier molecular flexibility index (Phi) is 8.04. The monoisotopic (exact) mass is 639 g/mol. The molecule has 0 fully saturated rings. The van der Waals surface area contributed by atoms with Crippen molar-refractivity contribution in [3.63, 3.8) is 0 Å². The fraction of sp³-hybridized carbons (Fsp3) is 0.250. The Hall–Kier alpha value is -0.891. The molecule has 0 saturated heterocycles. The maximum absolute atomic E-state index is 13.0. The summed E-state index contributed by atoms with van der Waals surface area (Å²) in [6.07, 6.45) is -0.239. The fourth-order valence-electron chi connectivity index (χ4n) is 2.97. The van der Waals surface area contributed by atoms with Crippen molar-refractivity contribution in [2.24, 2.45) is 0 Å². The minimum absolute atomic E-state index is 0.0244. The summed E-state index contributed by atoms with van der Waals surface area (Å²) in [7, 11) is 0. The van der Waals surface area contributed by atoms with Gasteiger partial charge in [0, 0.05) is 0 Å². The van der Waals surface area contributed by atoms with E-state index in [4.69, 9.17) is 23.2 Å². The number of Topliss-reactive ketones (excluding diaryl/α,β-unsaturated/α-hetero) is 1. The molecular weight excluding hydrogens is 624 g/mol. The third-order valence-electron chi connectivity index (χ3n) is 4.46. The summed E-state index contributed by atoms with van der Waals surface area (Å²) in [5.41, 5.74) is 1.55. The number of amides is 1. The number of hydrogen-bond donors (Lipinski definition) is 0. The molecule has 158 valence electrons. The first kappa shape index (κ1) is 23.8. The fourth-order valence-corrected chi connectivity index (χ4v) is 7.08. The van der Waals surface area contributed by atoms with Crippen LogP contribution in [0, 0.1) is 0 Å². The van der Waals surface area contributed by atoms with Crippen molar-refractivity contribution < 1.29 is 9.59 Å². The molecule has 1 amide bonds. The predicted molar refractivity (Wildman–Crippen MR) is 128 cm³/mol. The summed E-state index contributed by atoms with van der Waals surface area (Å²) in [6.45, 7) is 4.88. The van der Waals surface area contributed by atoms with Crippen molar-refractivity contribution in [3.05, 3.63) is 53.9 Å². The number of ketones is 1. The van der Waals surface area contributed by atoms with Crippen LogP contribution >= 0.6 is 55.1 Å². The van der Waals surface area contributed by atoms with Crippen molar-refractivity contribution in [1.29, 1.82) is 0 Å². The summed E-state index contributed by atoms with van der Waals surface area (Å²) < 4.78 is 4.30. The number of carbonyl (C=O) groups excluding carboxylic acids is 2. The van der Waals surface area contributed by atoms with E-state index >= 15 is 0 Å². The second-order valence-corrected chi connectivity index (χ2v) is 12.2. The van der Waals surface area contributed by atoms with Gasteiger partial charge in [-0.15, -0.1) is 0 Å². The van der Waals surface area contributed by atoms with Crippen LogP contribution in [0.2, 0.25) is 10.0 Å². The van der Waals surface area contributed by atoms with Crippen LogP contribution in [0.5, 0.6) is 0 Å². The summed E-state index contributed by atoms with van der Waals surface area (Å²) in [5, 5.41) is 5.47. The van der Waals surface area contributed by atoms with E-state index in [-0.39, 0.29) is 38.3 Å². The van der Waals surface area contributed by atoms with E-state index in [9.17, 15) is 9.59 Å². The summed E-state index contributed by atoms with van der Waals surface area (Å²) in [4.78, 5) is 27.1. The first-order valence-electron chi connectivity index (χ1n) is 9.07. The number of nitrogens with zero attached hydrogens (tertiary/aromatic N) is 3. The van der Waals surface area contributed by atoms with Crippen molar-refractivity contribution >= 4 is 81.3 Å². The van der Waals surface area contributed by atoms with Gasteiger partial charge in [0.15, 0.2) is 0 Å². The van der Waals surface area contributed by atoms with Crippen LogP contribution in [0.1, 0.15) is 30.8 Å². The second kappa shape index (κ2) is 10.2. The second-order valence-electron chi connectivity index (χ2n) is 6.29. The van der Waals surface area contributed by atoms with Crippen LogP contribution < -0.4 is 0 Å². The third kappa shape index (κ3) is 4.95. The van der Waals surface area contributed by atoms with Gasteiger partial charge in [0.1, 0.15) is 0 Å². The van der Waals surface area contributed by atoms with E-state index < -0.39 is 0 Å². The standard InChI is InChI=1S/C20H17Br2Cl2N3O2Se/c1-3-26(4-2)17(29)10-14(28)19-18(22)20(15-7-8-16(21)30-15)27(25-19)13-6-5-11(23)9-12(13)24/h5-9H,3-4,10H2,1-2H3. The summed E-state index contributed by atoms with van der Waals surface area (Å²) in [6, 6.07) is 9.07. The summed E-state index contributed by atoms with van der Waals surface area (Å²) in [5.74, 6) is -0.562. The molecule has 2 heterocycles. The average Bonchev–Trinajstić information content (AvgIpc) is 3.25. The van der Waals surface area contributed by atoms with Gasteiger partial charge in [0.25, 0.3) is 0 Å². The molecule has 3 aromatic rings. The normalized spacial score (nSPS) is 11.0. The number of aromatic nitrogens is 2. The van der Waals surface area contributed by atoms with E-state index in [2.05, 4.69) is 37.0 Å². The molecule has 0 aliphatic rings. The zero-order valence-electron chi connectivity index (χ0n) is 16.1. The molecule has 0 atom stereocenters. The first-order chi connectivity index (χ1) is 14.3. The molecular formula is C20H17Br2Cl2N3O2Se. The molecule has 2 aromatic heterocycles.